The Balaban J connectivity index is 2.00. The summed E-state index contributed by atoms with van der Waals surface area (Å²) in [5.74, 6) is 0. The van der Waals surface area contributed by atoms with E-state index in [1.807, 2.05) is 35.0 Å². The van der Waals surface area contributed by atoms with Crippen molar-refractivity contribution in [3.63, 3.8) is 0 Å². The zero-order valence-electron chi connectivity index (χ0n) is 10.8. The van der Waals surface area contributed by atoms with Gasteiger partial charge in [0.2, 0.25) is 0 Å². The number of rotatable bonds is 3. The Kier molecular flexibility index (Phi) is 3.20. The molecule has 1 N–H and O–H groups in total. The minimum atomic E-state index is 0.00254. The first-order valence-corrected chi connectivity index (χ1v) is 6.34. The summed E-state index contributed by atoms with van der Waals surface area (Å²) in [5, 5.41) is 19.2. The van der Waals surface area contributed by atoms with E-state index >= 15 is 0 Å². The minimum absolute atomic E-state index is 0.00254. The molecule has 0 bridgehead atoms. The van der Waals surface area contributed by atoms with Crippen LogP contribution in [0.1, 0.15) is 16.7 Å². The van der Waals surface area contributed by atoms with Crippen molar-refractivity contribution in [2.75, 3.05) is 0 Å². The number of hydrogen-bond acceptors (Lipinski definition) is 3. The highest BCUT2D eigenvalue weighted by molar-refractivity contribution is 5.80. The predicted molar refractivity (Wildman–Crippen MR) is 75.9 cm³/mol. The lowest BCUT2D eigenvalue weighted by Crippen LogP contribution is -1.99. The lowest BCUT2D eigenvalue weighted by Gasteiger charge is -2.04. The first-order valence-electron chi connectivity index (χ1n) is 6.34. The van der Waals surface area contributed by atoms with Gasteiger partial charge in [0.05, 0.1) is 18.2 Å². The van der Waals surface area contributed by atoms with Crippen LogP contribution >= 0.6 is 0 Å². The normalized spacial score (nSPS) is 10.6. The number of nitrogens with zero attached hydrogens (tertiary/aromatic N) is 3. The highest BCUT2D eigenvalue weighted by Gasteiger charge is 2.08. The van der Waals surface area contributed by atoms with Crippen LogP contribution in [0.2, 0.25) is 0 Å². The molecule has 0 atom stereocenters. The summed E-state index contributed by atoms with van der Waals surface area (Å²) >= 11 is 0. The van der Waals surface area contributed by atoms with Crippen LogP contribution in [-0.2, 0) is 13.2 Å². The van der Waals surface area contributed by atoms with Crippen LogP contribution in [0.3, 0.4) is 0 Å². The monoisotopic (exact) mass is 263 g/mol. The van der Waals surface area contributed by atoms with E-state index in [4.69, 9.17) is 5.26 Å². The summed E-state index contributed by atoms with van der Waals surface area (Å²) in [7, 11) is 0. The quantitative estimate of drug-likeness (QED) is 0.789. The Bertz CT molecular complexity index is 782. The molecule has 0 fully saturated rings. The van der Waals surface area contributed by atoms with Crippen LogP contribution in [0.25, 0.3) is 11.0 Å². The summed E-state index contributed by atoms with van der Waals surface area (Å²) in [6.45, 7) is 0.668. The summed E-state index contributed by atoms with van der Waals surface area (Å²) in [6, 6.07) is 13.4. The van der Waals surface area contributed by atoms with Crippen molar-refractivity contribution in [2.24, 2.45) is 0 Å². The largest absolute Gasteiger partial charge is 0.392 e. The Hall–Kier alpha value is -2.64. The van der Waals surface area contributed by atoms with Crippen LogP contribution in [0.15, 0.2) is 48.8 Å². The summed E-state index contributed by atoms with van der Waals surface area (Å²) in [5.41, 5.74) is 3.49. The molecule has 4 heteroatoms. The first-order chi connectivity index (χ1) is 9.81. The van der Waals surface area contributed by atoms with Crippen molar-refractivity contribution < 1.29 is 5.11 Å². The molecule has 0 aliphatic rings. The fourth-order valence-corrected chi connectivity index (χ4v) is 2.32. The van der Waals surface area contributed by atoms with Crippen LogP contribution in [0, 0.1) is 11.3 Å². The van der Waals surface area contributed by atoms with Crippen molar-refractivity contribution in [3.8, 4) is 6.07 Å². The van der Waals surface area contributed by atoms with E-state index in [-0.39, 0.29) is 6.61 Å². The van der Waals surface area contributed by atoms with Gasteiger partial charge in [-0.3, -0.25) is 0 Å². The summed E-state index contributed by atoms with van der Waals surface area (Å²) in [6.07, 6.45) is 3.68. The van der Waals surface area contributed by atoms with Crippen LogP contribution in [0.4, 0.5) is 0 Å². The fourth-order valence-electron chi connectivity index (χ4n) is 2.32. The summed E-state index contributed by atoms with van der Waals surface area (Å²) in [4.78, 5) is 4.38. The van der Waals surface area contributed by atoms with Gasteiger partial charge in [-0.1, -0.05) is 12.1 Å². The van der Waals surface area contributed by atoms with Crippen molar-refractivity contribution in [1.82, 2.24) is 9.55 Å². The van der Waals surface area contributed by atoms with Gasteiger partial charge in [0, 0.05) is 29.9 Å². The highest BCUT2D eigenvalue weighted by Crippen LogP contribution is 2.20. The van der Waals surface area contributed by atoms with Gasteiger partial charge < -0.3 is 9.67 Å². The first kappa shape index (κ1) is 12.4. The van der Waals surface area contributed by atoms with E-state index < -0.39 is 0 Å². The van der Waals surface area contributed by atoms with E-state index in [9.17, 15) is 5.11 Å². The van der Waals surface area contributed by atoms with E-state index in [1.165, 1.54) is 0 Å². The molecular weight excluding hydrogens is 250 g/mol. The van der Waals surface area contributed by atoms with Crippen molar-refractivity contribution in [3.05, 3.63) is 65.5 Å². The lowest BCUT2D eigenvalue weighted by molar-refractivity contribution is 0.283. The second-order valence-electron chi connectivity index (χ2n) is 4.62. The lowest BCUT2D eigenvalue weighted by atomic mass is 10.1. The van der Waals surface area contributed by atoms with Crippen molar-refractivity contribution in [1.29, 1.82) is 5.26 Å². The standard InChI is InChI=1S/C16H13N3O/c17-8-12-3-5-13(6-4-12)9-19-10-14(11-20)15-2-1-7-18-16(15)19/h1-7,10,20H,9,11H2. The SMILES string of the molecule is N#Cc1ccc(Cn2cc(CO)c3cccnc32)cc1. The predicted octanol–water partition coefficient (Wildman–Crippen LogP) is 2.45. The van der Waals surface area contributed by atoms with Gasteiger partial charge in [-0.05, 0) is 29.8 Å². The van der Waals surface area contributed by atoms with Gasteiger partial charge in [-0.25, -0.2) is 4.98 Å². The smallest absolute Gasteiger partial charge is 0.140 e. The molecule has 0 radical (unpaired) electrons. The fraction of sp³-hybridized carbons (Fsp3) is 0.125. The molecule has 0 saturated heterocycles. The molecule has 3 rings (SSSR count). The third-order valence-electron chi connectivity index (χ3n) is 3.32. The summed E-state index contributed by atoms with van der Waals surface area (Å²) < 4.78 is 2.02. The Morgan fingerprint density at radius 1 is 1.20 bits per heavy atom. The maximum absolute atomic E-state index is 9.41. The molecule has 0 unspecified atom stereocenters. The van der Waals surface area contributed by atoms with E-state index in [1.54, 1.807) is 18.3 Å². The molecule has 1 aromatic carbocycles. The molecule has 0 saturated carbocycles. The van der Waals surface area contributed by atoms with Gasteiger partial charge in [-0.15, -0.1) is 0 Å². The number of aromatic nitrogens is 2. The van der Waals surface area contributed by atoms with Crippen LogP contribution in [0.5, 0.6) is 0 Å². The second-order valence-corrected chi connectivity index (χ2v) is 4.62. The number of hydrogen-bond donors (Lipinski definition) is 1. The third kappa shape index (κ3) is 2.15. The topological polar surface area (TPSA) is 61.8 Å². The van der Waals surface area contributed by atoms with Crippen molar-refractivity contribution >= 4 is 11.0 Å². The Morgan fingerprint density at radius 2 is 2.00 bits per heavy atom. The molecular formula is C16H13N3O. The zero-order chi connectivity index (χ0) is 13.9. The molecule has 20 heavy (non-hydrogen) atoms. The minimum Gasteiger partial charge on any atom is -0.392 e. The molecule has 2 aromatic heterocycles. The number of pyridine rings is 1. The van der Waals surface area contributed by atoms with E-state index in [0.29, 0.717) is 12.1 Å². The van der Waals surface area contributed by atoms with Gasteiger partial charge in [0.15, 0.2) is 0 Å². The van der Waals surface area contributed by atoms with Gasteiger partial charge in [0.25, 0.3) is 0 Å². The van der Waals surface area contributed by atoms with Gasteiger partial charge >= 0.3 is 0 Å². The number of fused-ring (bicyclic) bond motifs is 1. The number of aliphatic hydroxyl groups excluding tert-OH is 1. The van der Waals surface area contributed by atoms with E-state index in [0.717, 1.165) is 22.2 Å². The number of benzene rings is 1. The third-order valence-corrected chi connectivity index (χ3v) is 3.32. The van der Waals surface area contributed by atoms with Crippen LogP contribution in [-0.4, -0.2) is 14.7 Å². The molecule has 0 aliphatic heterocycles. The average Bonchev–Trinajstić information content (AvgIpc) is 2.86. The maximum Gasteiger partial charge on any atom is 0.140 e. The molecule has 98 valence electrons. The highest BCUT2D eigenvalue weighted by atomic mass is 16.3. The molecule has 0 aliphatic carbocycles. The number of nitriles is 1. The van der Waals surface area contributed by atoms with Crippen LogP contribution < -0.4 is 0 Å². The Labute approximate surface area is 116 Å². The van der Waals surface area contributed by atoms with Gasteiger partial charge in [0.1, 0.15) is 5.65 Å². The molecule has 0 amide bonds. The second kappa shape index (κ2) is 5.16. The number of aliphatic hydroxyl groups is 1. The molecule has 2 heterocycles. The molecule has 3 aromatic rings. The Morgan fingerprint density at radius 3 is 2.70 bits per heavy atom. The molecule has 0 spiro atoms. The van der Waals surface area contributed by atoms with Gasteiger partial charge in [-0.2, -0.15) is 5.26 Å². The maximum atomic E-state index is 9.41. The van der Waals surface area contributed by atoms with E-state index in [2.05, 4.69) is 11.1 Å². The zero-order valence-corrected chi connectivity index (χ0v) is 10.8. The van der Waals surface area contributed by atoms with Crippen molar-refractivity contribution in [2.45, 2.75) is 13.2 Å². The average molecular weight is 263 g/mol. The molecule has 4 nitrogen and oxygen atoms in total.